The third-order valence-electron chi connectivity index (χ3n) is 2.80. The minimum absolute atomic E-state index is 0.173. The summed E-state index contributed by atoms with van der Waals surface area (Å²) in [6.45, 7) is 0. The van der Waals surface area contributed by atoms with Gasteiger partial charge in [0.05, 0.1) is 0 Å². The van der Waals surface area contributed by atoms with Gasteiger partial charge in [-0.15, -0.1) is 0 Å². The molecule has 0 aliphatic rings. The maximum absolute atomic E-state index is 12.8. The van der Waals surface area contributed by atoms with Crippen LogP contribution in [0, 0.1) is 5.82 Å². The summed E-state index contributed by atoms with van der Waals surface area (Å²) >= 11 is 4.99. The molecule has 0 saturated heterocycles. The predicted octanol–water partition coefficient (Wildman–Crippen LogP) is 2.58. The number of rotatable bonds is 4. The van der Waals surface area contributed by atoms with E-state index in [1.165, 1.54) is 24.3 Å². The van der Waals surface area contributed by atoms with Crippen LogP contribution in [-0.4, -0.2) is 10.9 Å². The Morgan fingerprint density at radius 1 is 1.10 bits per heavy atom. The minimum Gasteiger partial charge on any atom is -0.391 e. The lowest BCUT2D eigenvalue weighted by Crippen LogP contribution is -2.36. The molecule has 2 aromatic rings. The number of nitrogens with two attached hydrogens (primary N) is 1. The van der Waals surface area contributed by atoms with Gasteiger partial charge < -0.3 is 11.1 Å². The molecular formula is C15H13FN2OS. The van der Waals surface area contributed by atoms with E-state index in [1.54, 1.807) is 0 Å². The molecule has 102 valence electrons. The van der Waals surface area contributed by atoms with Gasteiger partial charge in [-0.3, -0.25) is 4.79 Å². The van der Waals surface area contributed by atoms with Crippen LogP contribution in [0.5, 0.6) is 0 Å². The average molecular weight is 288 g/mol. The van der Waals surface area contributed by atoms with Crippen molar-refractivity contribution in [3.8, 4) is 0 Å². The van der Waals surface area contributed by atoms with E-state index >= 15 is 0 Å². The fourth-order valence-corrected chi connectivity index (χ4v) is 1.97. The smallest absolute Gasteiger partial charge is 0.252 e. The Morgan fingerprint density at radius 3 is 2.25 bits per heavy atom. The molecule has 0 radical (unpaired) electrons. The second-order valence-corrected chi connectivity index (χ2v) is 4.70. The molecule has 0 aliphatic heterocycles. The number of hydrogen-bond donors (Lipinski definition) is 2. The molecule has 5 heteroatoms. The van der Waals surface area contributed by atoms with Gasteiger partial charge >= 0.3 is 0 Å². The number of carbonyl (C=O) groups excluding carboxylic acids is 1. The fraction of sp³-hybridized carbons (Fsp3) is 0.0667. The number of nitrogens with one attached hydrogen (secondary N) is 1. The van der Waals surface area contributed by atoms with Gasteiger partial charge in [0.2, 0.25) is 0 Å². The summed E-state index contributed by atoms with van der Waals surface area (Å²) in [4.78, 5) is 12.3. The second kappa shape index (κ2) is 6.25. The first-order chi connectivity index (χ1) is 9.58. The molecule has 1 atom stereocenters. The van der Waals surface area contributed by atoms with Crippen molar-refractivity contribution in [1.29, 1.82) is 0 Å². The van der Waals surface area contributed by atoms with Crippen molar-refractivity contribution in [2.45, 2.75) is 6.04 Å². The fourth-order valence-electron chi connectivity index (χ4n) is 1.78. The summed E-state index contributed by atoms with van der Waals surface area (Å²) in [5, 5.41) is 2.74. The molecule has 1 unspecified atom stereocenters. The van der Waals surface area contributed by atoms with Gasteiger partial charge in [0.25, 0.3) is 5.91 Å². The number of halogens is 1. The molecule has 2 rings (SSSR count). The lowest BCUT2D eigenvalue weighted by molar-refractivity contribution is 0.0947. The second-order valence-electron chi connectivity index (χ2n) is 4.23. The average Bonchev–Trinajstić information content (AvgIpc) is 2.46. The van der Waals surface area contributed by atoms with E-state index in [-0.39, 0.29) is 10.9 Å². The topological polar surface area (TPSA) is 55.1 Å². The molecule has 0 fully saturated rings. The number of amides is 1. The number of thiocarbonyl (C=S) groups is 1. The molecule has 0 aromatic heterocycles. The van der Waals surface area contributed by atoms with E-state index < -0.39 is 11.9 Å². The van der Waals surface area contributed by atoms with E-state index in [9.17, 15) is 9.18 Å². The van der Waals surface area contributed by atoms with Crippen molar-refractivity contribution in [2.24, 2.45) is 5.73 Å². The number of carbonyl (C=O) groups is 1. The normalized spacial score (nSPS) is 11.7. The van der Waals surface area contributed by atoms with Crippen molar-refractivity contribution >= 4 is 23.1 Å². The molecule has 3 N–H and O–H groups in total. The Labute approximate surface area is 121 Å². The molecule has 0 heterocycles. The first kappa shape index (κ1) is 14.1. The van der Waals surface area contributed by atoms with Crippen molar-refractivity contribution in [1.82, 2.24) is 5.32 Å². The molecule has 0 bridgehead atoms. The van der Waals surface area contributed by atoms with Crippen molar-refractivity contribution in [3.05, 3.63) is 71.5 Å². The van der Waals surface area contributed by atoms with E-state index in [0.717, 1.165) is 5.56 Å². The Hall–Kier alpha value is -2.27. The van der Waals surface area contributed by atoms with E-state index in [0.29, 0.717) is 5.56 Å². The predicted molar refractivity (Wildman–Crippen MR) is 79.8 cm³/mol. The lowest BCUT2D eigenvalue weighted by Gasteiger charge is -2.17. The Kier molecular flexibility index (Phi) is 4.42. The van der Waals surface area contributed by atoms with Crippen LogP contribution in [0.25, 0.3) is 0 Å². The number of benzene rings is 2. The van der Waals surface area contributed by atoms with Crippen LogP contribution in [0.2, 0.25) is 0 Å². The van der Waals surface area contributed by atoms with Crippen LogP contribution in [0.3, 0.4) is 0 Å². The van der Waals surface area contributed by atoms with Crippen LogP contribution in [0.1, 0.15) is 22.0 Å². The van der Waals surface area contributed by atoms with Gasteiger partial charge in [0, 0.05) is 5.56 Å². The molecule has 3 nitrogen and oxygen atoms in total. The maximum Gasteiger partial charge on any atom is 0.252 e. The monoisotopic (exact) mass is 288 g/mol. The third kappa shape index (κ3) is 3.39. The first-order valence-corrected chi connectivity index (χ1v) is 6.39. The standard InChI is InChI=1S/C15H13FN2OS/c16-12-8-6-11(7-9-12)15(19)18-13(14(17)20)10-4-2-1-3-5-10/h1-9,13H,(H2,17,20)(H,18,19). The largest absolute Gasteiger partial charge is 0.391 e. The van der Waals surface area contributed by atoms with Gasteiger partial charge in [-0.2, -0.15) is 0 Å². The molecule has 0 aliphatic carbocycles. The maximum atomic E-state index is 12.8. The number of hydrogen-bond acceptors (Lipinski definition) is 2. The van der Waals surface area contributed by atoms with Gasteiger partial charge in [-0.25, -0.2) is 4.39 Å². The zero-order valence-electron chi connectivity index (χ0n) is 10.5. The highest BCUT2D eigenvalue weighted by Gasteiger charge is 2.17. The molecule has 20 heavy (non-hydrogen) atoms. The molecule has 1 amide bonds. The van der Waals surface area contributed by atoms with E-state index in [4.69, 9.17) is 18.0 Å². The third-order valence-corrected chi connectivity index (χ3v) is 3.03. The van der Waals surface area contributed by atoms with Gasteiger partial charge in [0.15, 0.2) is 0 Å². The first-order valence-electron chi connectivity index (χ1n) is 5.98. The Bertz CT molecular complexity index is 614. The summed E-state index contributed by atoms with van der Waals surface area (Å²) in [5.74, 6) is -0.748. The van der Waals surface area contributed by atoms with Crippen LogP contribution in [0.4, 0.5) is 4.39 Å². The van der Waals surface area contributed by atoms with Crippen molar-refractivity contribution in [2.75, 3.05) is 0 Å². The summed E-state index contributed by atoms with van der Waals surface area (Å²) in [5.41, 5.74) is 6.83. The summed E-state index contributed by atoms with van der Waals surface area (Å²) < 4.78 is 12.8. The molecule has 0 spiro atoms. The summed E-state index contributed by atoms with van der Waals surface area (Å²) in [6, 6.07) is 13.9. The zero-order valence-corrected chi connectivity index (χ0v) is 11.4. The highest BCUT2D eigenvalue weighted by Crippen LogP contribution is 2.14. The zero-order chi connectivity index (χ0) is 14.5. The Balaban J connectivity index is 2.19. The minimum atomic E-state index is -0.552. The summed E-state index contributed by atoms with van der Waals surface area (Å²) in [6.07, 6.45) is 0. The van der Waals surface area contributed by atoms with Crippen molar-refractivity contribution in [3.63, 3.8) is 0 Å². The Morgan fingerprint density at radius 2 is 1.70 bits per heavy atom. The highest BCUT2D eigenvalue weighted by molar-refractivity contribution is 7.80. The van der Waals surface area contributed by atoms with Crippen LogP contribution >= 0.6 is 12.2 Å². The van der Waals surface area contributed by atoms with Gasteiger partial charge in [-0.05, 0) is 29.8 Å². The molecule has 0 saturated carbocycles. The SMILES string of the molecule is NC(=S)C(NC(=O)c1ccc(F)cc1)c1ccccc1. The van der Waals surface area contributed by atoms with Gasteiger partial charge in [-0.1, -0.05) is 42.5 Å². The van der Waals surface area contributed by atoms with Crippen LogP contribution < -0.4 is 11.1 Å². The lowest BCUT2D eigenvalue weighted by atomic mass is 10.1. The van der Waals surface area contributed by atoms with E-state index in [1.807, 2.05) is 30.3 Å². The van der Waals surface area contributed by atoms with Crippen molar-refractivity contribution < 1.29 is 9.18 Å². The molecule has 2 aromatic carbocycles. The van der Waals surface area contributed by atoms with Crippen LogP contribution in [0.15, 0.2) is 54.6 Å². The quantitative estimate of drug-likeness (QED) is 0.850. The van der Waals surface area contributed by atoms with Gasteiger partial charge in [0.1, 0.15) is 16.8 Å². The van der Waals surface area contributed by atoms with E-state index in [2.05, 4.69) is 5.32 Å². The highest BCUT2D eigenvalue weighted by atomic mass is 32.1. The summed E-state index contributed by atoms with van der Waals surface area (Å²) in [7, 11) is 0. The van der Waals surface area contributed by atoms with Crippen LogP contribution in [-0.2, 0) is 0 Å². The molecular weight excluding hydrogens is 275 g/mol.